The Morgan fingerprint density at radius 2 is 1.48 bits per heavy atom. The monoisotopic (exact) mass is 388 g/mol. The minimum atomic E-state index is -0.421. The predicted molar refractivity (Wildman–Crippen MR) is 108 cm³/mol. The third-order valence-electron chi connectivity index (χ3n) is 4.27. The van der Waals surface area contributed by atoms with E-state index in [2.05, 4.69) is 15.5 Å². The summed E-state index contributed by atoms with van der Waals surface area (Å²) in [5.74, 6) is 1.54. The number of ether oxygens (including phenoxy) is 1. The number of aromatic nitrogens is 2. The van der Waals surface area contributed by atoms with E-state index in [-0.39, 0.29) is 5.69 Å². The number of benzene rings is 3. The SMILES string of the molecule is COc1ccc(-c2nnc(-c3ccc(Nc4ccccc4[N+](=O)[O-])cc3)o2)cc1. The van der Waals surface area contributed by atoms with Crippen molar-refractivity contribution < 1.29 is 14.1 Å². The molecule has 0 aliphatic heterocycles. The van der Waals surface area contributed by atoms with Gasteiger partial charge in [-0.3, -0.25) is 10.1 Å². The summed E-state index contributed by atoms with van der Waals surface area (Å²) in [6.45, 7) is 0. The molecule has 0 saturated carbocycles. The molecule has 0 aliphatic carbocycles. The lowest BCUT2D eigenvalue weighted by molar-refractivity contribution is -0.383. The molecule has 0 fully saturated rings. The maximum absolute atomic E-state index is 11.1. The van der Waals surface area contributed by atoms with Crippen molar-refractivity contribution in [3.05, 3.63) is 82.9 Å². The Bertz CT molecular complexity index is 1140. The molecule has 1 aromatic heterocycles. The molecule has 1 heterocycles. The van der Waals surface area contributed by atoms with Crippen LogP contribution in [-0.4, -0.2) is 22.2 Å². The van der Waals surface area contributed by atoms with E-state index in [4.69, 9.17) is 9.15 Å². The number of nitrogens with one attached hydrogen (secondary N) is 1. The van der Waals surface area contributed by atoms with Crippen LogP contribution in [0.5, 0.6) is 5.75 Å². The number of anilines is 2. The molecule has 144 valence electrons. The van der Waals surface area contributed by atoms with Gasteiger partial charge in [0.2, 0.25) is 11.8 Å². The Morgan fingerprint density at radius 1 is 0.897 bits per heavy atom. The lowest BCUT2D eigenvalue weighted by Crippen LogP contribution is -1.96. The van der Waals surface area contributed by atoms with Gasteiger partial charge in [0.1, 0.15) is 11.4 Å². The van der Waals surface area contributed by atoms with Crippen LogP contribution in [0.15, 0.2) is 77.2 Å². The lowest BCUT2D eigenvalue weighted by atomic mass is 10.2. The Hall–Kier alpha value is -4.20. The highest BCUT2D eigenvalue weighted by molar-refractivity contribution is 5.71. The van der Waals surface area contributed by atoms with Crippen molar-refractivity contribution in [1.82, 2.24) is 10.2 Å². The van der Waals surface area contributed by atoms with Crippen molar-refractivity contribution in [1.29, 1.82) is 0 Å². The summed E-state index contributed by atoms with van der Waals surface area (Å²) >= 11 is 0. The Kier molecular flexibility index (Phi) is 4.90. The van der Waals surface area contributed by atoms with Crippen LogP contribution in [0.3, 0.4) is 0 Å². The van der Waals surface area contributed by atoms with E-state index in [9.17, 15) is 10.1 Å². The minimum absolute atomic E-state index is 0.0117. The van der Waals surface area contributed by atoms with Gasteiger partial charge in [0, 0.05) is 22.9 Å². The highest BCUT2D eigenvalue weighted by atomic mass is 16.6. The molecule has 3 aromatic carbocycles. The van der Waals surface area contributed by atoms with Gasteiger partial charge in [-0.05, 0) is 54.6 Å². The minimum Gasteiger partial charge on any atom is -0.497 e. The maximum atomic E-state index is 11.1. The number of hydrogen-bond acceptors (Lipinski definition) is 7. The summed E-state index contributed by atoms with van der Waals surface area (Å²) in [5.41, 5.74) is 2.67. The van der Waals surface area contributed by atoms with Crippen LogP contribution in [0, 0.1) is 10.1 Å². The third-order valence-corrected chi connectivity index (χ3v) is 4.27. The van der Waals surface area contributed by atoms with E-state index >= 15 is 0 Å². The molecule has 0 bridgehead atoms. The summed E-state index contributed by atoms with van der Waals surface area (Å²) in [4.78, 5) is 10.7. The van der Waals surface area contributed by atoms with Gasteiger partial charge in [0.05, 0.1) is 12.0 Å². The highest BCUT2D eigenvalue weighted by Crippen LogP contribution is 2.29. The smallest absolute Gasteiger partial charge is 0.292 e. The zero-order chi connectivity index (χ0) is 20.2. The molecule has 1 N–H and O–H groups in total. The topological polar surface area (TPSA) is 103 Å². The van der Waals surface area contributed by atoms with Gasteiger partial charge < -0.3 is 14.5 Å². The number of nitro benzene ring substituents is 1. The molecule has 8 heteroatoms. The van der Waals surface area contributed by atoms with Crippen molar-refractivity contribution in [2.45, 2.75) is 0 Å². The summed E-state index contributed by atoms with van der Waals surface area (Å²) in [6.07, 6.45) is 0. The number of rotatable bonds is 6. The van der Waals surface area contributed by atoms with Gasteiger partial charge in [-0.15, -0.1) is 10.2 Å². The second kappa shape index (κ2) is 7.81. The van der Waals surface area contributed by atoms with E-state index in [0.717, 1.165) is 16.9 Å². The summed E-state index contributed by atoms with van der Waals surface area (Å²) in [7, 11) is 1.61. The van der Waals surface area contributed by atoms with Crippen LogP contribution >= 0.6 is 0 Å². The predicted octanol–water partition coefficient (Wildman–Crippen LogP) is 5.06. The molecule has 0 unspecified atom stereocenters. The van der Waals surface area contributed by atoms with Crippen molar-refractivity contribution in [2.24, 2.45) is 0 Å². The Morgan fingerprint density at radius 3 is 2.07 bits per heavy atom. The third kappa shape index (κ3) is 3.91. The molecule has 4 aromatic rings. The van der Waals surface area contributed by atoms with Crippen LogP contribution in [0.4, 0.5) is 17.1 Å². The average Bonchev–Trinajstić information content (AvgIpc) is 3.25. The molecule has 0 radical (unpaired) electrons. The molecule has 8 nitrogen and oxygen atoms in total. The van der Waals surface area contributed by atoms with Gasteiger partial charge in [-0.1, -0.05) is 12.1 Å². The van der Waals surface area contributed by atoms with E-state index in [1.54, 1.807) is 37.4 Å². The molecule has 29 heavy (non-hydrogen) atoms. The molecule has 4 rings (SSSR count). The summed E-state index contributed by atoms with van der Waals surface area (Å²) < 4.78 is 10.9. The van der Waals surface area contributed by atoms with Gasteiger partial charge in [0.15, 0.2) is 0 Å². The number of hydrogen-bond donors (Lipinski definition) is 1. The first-order chi connectivity index (χ1) is 14.1. The second-order valence-corrected chi connectivity index (χ2v) is 6.12. The van der Waals surface area contributed by atoms with Crippen LogP contribution in [0.25, 0.3) is 22.9 Å². The number of para-hydroxylation sites is 2. The fourth-order valence-electron chi connectivity index (χ4n) is 2.78. The van der Waals surface area contributed by atoms with Crippen molar-refractivity contribution in [3.8, 4) is 28.7 Å². The first-order valence-electron chi connectivity index (χ1n) is 8.73. The normalized spacial score (nSPS) is 10.5. The molecule has 0 saturated heterocycles. The molecule has 0 amide bonds. The van der Waals surface area contributed by atoms with Crippen molar-refractivity contribution in [3.63, 3.8) is 0 Å². The maximum Gasteiger partial charge on any atom is 0.292 e. The van der Waals surface area contributed by atoms with Crippen molar-refractivity contribution in [2.75, 3.05) is 12.4 Å². The molecule has 0 atom stereocenters. The summed E-state index contributed by atoms with van der Waals surface area (Å²) in [6, 6.07) is 21.0. The van der Waals surface area contributed by atoms with Gasteiger partial charge in [-0.25, -0.2) is 0 Å². The van der Waals surface area contributed by atoms with Crippen LogP contribution in [0.1, 0.15) is 0 Å². The second-order valence-electron chi connectivity index (χ2n) is 6.12. The first kappa shape index (κ1) is 18.2. The van der Waals surface area contributed by atoms with Gasteiger partial charge in [0.25, 0.3) is 5.69 Å². The fraction of sp³-hybridized carbons (Fsp3) is 0.0476. The Balaban J connectivity index is 1.53. The zero-order valence-electron chi connectivity index (χ0n) is 15.4. The molecular weight excluding hydrogens is 372 g/mol. The van der Waals surface area contributed by atoms with E-state index in [1.807, 2.05) is 36.4 Å². The van der Waals surface area contributed by atoms with Gasteiger partial charge >= 0.3 is 0 Å². The van der Waals surface area contributed by atoms with Crippen molar-refractivity contribution >= 4 is 17.1 Å². The van der Waals surface area contributed by atoms with E-state index < -0.39 is 4.92 Å². The lowest BCUT2D eigenvalue weighted by Gasteiger charge is -2.07. The number of nitro groups is 1. The molecule has 0 spiro atoms. The average molecular weight is 388 g/mol. The largest absolute Gasteiger partial charge is 0.497 e. The number of methoxy groups -OCH3 is 1. The van der Waals surface area contributed by atoms with Crippen LogP contribution in [0.2, 0.25) is 0 Å². The number of nitrogens with zero attached hydrogens (tertiary/aromatic N) is 3. The summed E-state index contributed by atoms with van der Waals surface area (Å²) in [5, 5.41) is 22.4. The van der Waals surface area contributed by atoms with E-state index in [1.165, 1.54) is 6.07 Å². The van der Waals surface area contributed by atoms with Crippen LogP contribution < -0.4 is 10.1 Å². The van der Waals surface area contributed by atoms with E-state index in [0.29, 0.717) is 23.2 Å². The molecular formula is C21H16N4O4. The standard InChI is InChI=1S/C21H16N4O4/c1-28-17-12-8-15(9-13-17)21-24-23-20(29-21)14-6-10-16(11-7-14)22-18-4-2-3-5-19(18)25(26)27/h2-13,22H,1H3. The zero-order valence-corrected chi connectivity index (χ0v) is 15.4. The van der Waals surface area contributed by atoms with Crippen LogP contribution in [-0.2, 0) is 0 Å². The highest BCUT2D eigenvalue weighted by Gasteiger charge is 2.13. The van der Waals surface area contributed by atoms with Gasteiger partial charge in [-0.2, -0.15) is 0 Å². The first-order valence-corrected chi connectivity index (χ1v) is 8.73. The fourth-order valence-corrected chi connectivity index (χ4v) is 2.78. The quantitative estimate of drug-likeness (QED) is 0.363. The Labute approximate surface area is 165 Å². The molecule has 0 aliphatic rings.